The maximum Gasteiger partial charge on any atom is 0.417 e. The predicted molar refractivity (Wildman–Crippen MR) is 94.9 cm³/mol. The molecule has 1 atom stereocenters. The zero-order chi connectivity index (χ0) is 20.2. The fourth-order valence-corrected chi connectivity index (χ4v) is 3.96. The molecule has 28 heavy (non-hydrogen) atoms. The lowest BCUT2D eigenvalue weighted by Gasteiger charge is -2.34. The van der Waals surface area contributed by atoms with Crippen LogP contribution in [0.15, 0.2) is 48.5 Å². The third-order valence-electron chi connectivity index (χ3n) is 5.58. The van der Waals surface area contributed by atoms with Gasteiger partial charge in [0.1, 0.15) is 11.6 Å². The first-order valence-corrected chi connectivity index (χ1v) is 8.93. The van der Waals surface area contributed by atoms with Gasteiger partial charge in [0.25, 0.3) is 0 Å². The Morgan fingerprint density at radius 2 is 1.71 bits per heavy atom. The standard InChI is InChI=1S/C21H18F5NO/c22-14-5-6-17(23)16(10-14)19(7-8-19)12-20(28,21(24,25)26)11-15-9-13-3-1-2-4-18(13)27-15/h1-6,9-10,27-28H,7-8,11-12H2. The normalized spacial score (nSPS) is 18.2. The fourth-order valence-electron chi connectivity index (χ4n) is 3.96. The lowest BCUT2D eigenvalue weighted by Crippen LogP contribution is -2.49. The van der Waals surface area contributed by atoms with Crippen LogP contribution >= 0.6 is 0 Å². The molecule has 1 heterocycles. The highest BCUT2D eigenvalue weighted by atomic mass is 19.4. The van der Waals surface area contributed by atoms with Gasteiger partial charge in [0.15, 0.2) is 5.60 Å². The highest BCUT2D eigenvalue weighted by Crippen LogP contribution is 2.56. The van der Waals surface area contributed by atoms with E-state index in [1.165, 1.54) is 0 Å². The molecule has 2 N–H and O–H groups in total. The number of benzene rings is 2. The Hall–Kier alpha value is -2.41. The molecule has 1 saturated carbocycles. The summed E-state index contributed by atoms with van der Waals surface area (Å²) >= 11 is 0. The largest absolute Gasteiger partial charge is 0.417 e. The molecule has 0 bridgehead atoms. The van der Waals surface area contributed by atoms with Crippen LogP contribution in [0.1, 0.15) is 30.5 Å². The summed E-state index contributed by atoms with van der Waals surface area (Å²) in [7, 11) is 0. The number of fused-ring (bicyclic) bond motifs is 1. The van der Waals surface area contributed by atoms with Gasteiger partial charge in [-0.1, -0.05) is 18.2 Å². The number of aromatic nitrogens is 1. The number of halogens is 5. The summed E-state index contributed by atoms with van der Waals surface area (Å²) in [6.45, 7) is 0. The Labute approximate surface area is 158 Å². The van der Waals surface area contributed by atoms with E-state index in [9.17, 15) is 27.1 Å². The smallest absolute Gasteiger partial charge is 0.380 e. The molecule has 0 spiro atoms. The molecule has 7 heteroatoms. The highest BCUT2D eigenvalue weighted by Gasteiger charge is 2.61. The Balaban J connectivity index is 1.69. The molecule has 0 radical (unpaired) electrons. The average Bonchev–Trinajstić information content (AvgIpc) is 3.26. The Bertz CT molecular complexity index is 988. The fraction of sp³-hybridized carbons (Fsp3) is 0.333. The zero-order valence-corrected chi connectivity index (χ0v) is 14.8. The number of rotatable bonds is 5. The third kappa shape index (κ3) is 3.28. The second-order valence-corrected chi connectivity index (χ2v) is 7.67. The van der Waals surface area contributed by atoms with E-state index in [1.54, 1.807) is 30.3 Å². The summed E-state index contributed by atoms with van der Waals surface area (Å²) in [5.74, 6) is -1.47. The second kappa shape index (κ2) is 6.30. The van der Waals surface area contributed by atoms with Crippen LogP contribution < -0.4 is 0 Å². The number of aliphatic hydroxyl groups is 1. The van der Waals surface area contributed by atoms with Gasteiger partial charge in [0.05, 0.1) is 0 Å². The molecule has 2 nitrogen and oxygen atoms in total. The number of hydrogen-bond donors (Lipinski definition) is 2. The molecule has 1 fully saturated rings. The van der Waals surface area contributed by atoms with Gasteiger partial charge < -0.3 is 10.1 Å². The van der Waals surface area contributed by atoms with Crippen molar-refractivity contribution in [2.75, 3.05) is 0 Å². The maximum atomic E-state index is 14.2. The number of alkyl halides is 3. The van der Waals surface area contributed by atoms with Crippen molar-refractivity contribution in [1.82, 2.24) is 4.98 Å². The SMILES string of the molecule is OC(Cc1cc2ccccc2[nH]1)(CC1(c2cc(F)ccc2F)CC1)C(F)(F)F. The topological polar surface area (TPSA) is 36.0 Å². The van der Waals surface area contributed by atoms with E-state index in [0.29, 0.717) is 5.52 Å². The summed E-state index contributed by atoms with van der Waals surface area (Å²) in [6.07, 6.45) is -5.82. The molecule has 0 saturated heterocycles. The first kappa shape index (κ1) is 18.9. The number of H-pyrrole nitrogens is 1. The van der Waals surface area contributed by atoms with Gasteiger partial charge in [0.2, 0.25) is 0 Å². The van der Waals surface area contributed by atoms with E-state index >= 15 is 0 Å². The van der Waals surface area contributed by atoms with Crippen LogP contribution in [0.4, 0.5) is 22.0 Å². The van der Waals surface area contributed by atoms with Crippen molar-refractivity contribution in [2.45, 2.75) is 42.9 Å². The minimum atomic E-state index is -4.93. The number of nitrogens with one attached hydrogen (secondary N) is 1. The highest BCUT2D eigenvalue weighted by molar-refractivity contribution is 5.80. The van der Waals surface area contributed by atoms with Crippen molar-refractivity contribution < 1.29 is 27.1 Å². The number of hydrogen-bond acceptors (Lipinski definition) is 1. The molecule has 2 aromatic carbocycles. The van der Waals surface area contributed by atoms with E-state index in [0.717, 1.165) is 23.6 Å². The van der Waals surface area contributed by atoms with Gasteiger partial charge in [-0.15, -0.1) is 0 Å². The van der Waals surface area contributed by atoms with Crippen molar-refractivity contribution in [3.05, 3.63) is 71.4 Å². The minimum absolute atomic E-state index is 0.105. The third-order valence-corrected chi connectivity index (χ3v) is 5.58. The Kier molecular flexibility index (Phi) is 4.26. The van der Waals surface area contributed by atoms with Gasteiger partial charge in [-0.2, -0.15) is 13.2 Å². The summed E-state index contributed by atoms with van der Waals surface area (Å²) < 4.78 is 69.4. The van der Waals surface area contributed by atoms with Crippen LogP contribution in [0.5, 0.6) is 0 Å². The number of aromatic amines is 1. The predicted octanol–water partition coefficient (Wildman–Crippen LogP) is 5.40. The second-order valence-electron chi connectivity index (χ2n) is 7.67. The van der Waals surface area contributed by atoms with E-state index in [2.05, 4.69) is 4.98 Å². The van der Waals surface area contributed by atoms with E-state index in [4.69, 9.17) is 0 Å². The summed E-state index contributed by atoms with van der Waals surface area (Å²) in [5.41, 5.74) is -3.49. The molecule has 0 amide bonds. The first-order chi connectivity index (χ1) is 13.1. The van der Waals surface area contributed by atoms with Crippen LogP contribution in [0, 0.1) is 11.6 Å². The summed E-state index contributed by atoms with van der Waals surface area (Å²) in [4.78, 5) is 2.90. The lowest BCUT2D eigenvalue weighted by molar-refractivity contribution is -0.264. The quantitative estimate of drug-likeness (QED) is 0.558. The molecule has 1 aliphatic carbocycles. The minimum Gasteiger partial charge on any atom is -0.380 e. The van der Waals surface area contributed by atoms with Gasteiger partial charge in [-0.25, -0.2) is 8.78 Å². The number of para-hydroxylation sites is 1. The molecule has 1 aromatic heterocycles. The van der Waals surface area contributed by atoms with E-state index < -0.39 is 41.7 Å². The van der Waals surface area contributed by atoms with Gasteiger partial charge in [0, 0.05) is 23.0 Å². The maximum absolute atomic E-state index is 14.2. The van der Waals surface area contributed by atoms with Crippen LogP contribution in [0.2, 0.25) is 0 Å². The first-order valence-electron chi connectivity index (χ1n) is 8.93. The monoisotopic (exact) mass is 395 g/mol. The van der Waals surface area contributed by atoms with Crippen molar-refractivity contribution in [2.24, 2.45) is 0 Å². The van der Waals surface area contributed by atoms with Crippen molar-refractivity contribution >= 4 is 10.9 Å². The lowest BCUT2D eigenvalue weighted by atomic mass is 9.80. The molecule has 148 valence electrons. The Morgan fingerprint density at radius 1 is 1.00 bits per heavy atom. The van der Waals surface area contributed by atoms with Crippen molar-refractivity contribution in [3.63, 3.8) is 0 Å². The molecule has 3 aromatic rings. The molecular formula is C21H18F5NO. The summed E-state index contributed by atoms with van der Waals surface area (Å²) in [6, 6.07) is 11.3. The van der Waals surface area contributed by atoms with Crippen LogP contribution in [-0.2, 0) is 11.8 Å². The molecule has 1 unspecified atom stereocenters. The van der Waals surface area contributed by atoms with Gasteiger partial charge in [-0.05, 0) is 60.5 Å². The molecule has 0 aliphatic heterocycles. The van der Waals surface area contributed by atoms with Gasteiger partial charge in [-0.3, -0.25) is 0 Å². The van der Waals surface area contributed by atoms with Crippen LogP contribution in [-0.4, -0.2) is 21.9 Å². The van der Waals surface area contributed by atoms with Gasteiger partial charge >= 0.3 is 6.18 Å². The molecule has 4 rings (SSSR count). The zero-order valence-electron chi connectivity index (χ0n) is 14.8. The molecular weight excluding hydrogens is 377 g/mol. The average molecular weight is 395 g/mol. The van der Waals surface area contributed by atoms with Crippen molar-refractivity contribution in [1.29, 1.82) is 0 Å². The van der Waals surface area contributed by atoms with Crippen LogP contribution in [0.3, 0.4) is 0 Å². The Morgan fingerprint density at radius 3 is 2.36 bits per heavy atom. The van der Waals surface area contributed by atoms with Crippen LogP contribution in [0.25, 0.3) is 10.9 Å². The molecule has 1 aliphatic rings. The van der Waals surface area contributed by atoms with Crippen molar-refractivity contribution in [3.8, 4) is 0 Å². The van der Waals surface area contributed by atoms with E-state index in [1.807, 2.05) is 0 Å². The summed E-state index contributed by atoms with van der Waals surface area (Å²) in [5, 5.41) is 11.4. The van der Waals surface area contributed by atoms with E-state index in [-0.39, 0.29) is 24.1 Å².